The molecule has 0 saturated carbocycles. The predicted octanol–water partition coefficient (Wildman–Crippen LogP) is 3.94. The Morgan fingerprint density at radius 3 is 2.44 bits per heavy atom. The Hall–Kier alpha value is -3.73. The summed E-state index contributed by atoms with van der Waals surface area (Å²) in [6.07, 6.45) is -0.486. The molecule has 0 aliphatic heterocycles. The first-order chi connectivity index (χ1) is 15.1. The second-order valence-electron chi connectivity index (χ2n) is 6.49. The number of nitrogens with one attached hydrogen (secondary N) is 1. The normalized spacial score (nSPS) is 12.0. The fourth-order valence-corrected chi connectivity index (χ4v) is 3.52. The number of hydrogen-bond donors (Lipinski definition) is 1. The molecule has 0 unspecified atom stereocenters. The number of hydrogen-bond acceptors (Lipinski definition) is 6. The molecule has 0 atom stereocenters. The van der Waals surface area contributed by atoms with E-state index in [9.17, 15) is 26.4 Å². The van der Waals surface area contributed by atoms with Gasteiger partial charge in [0.2, 0.25) is 0 Å². The first-order valence-electron chi connectivity index (χ1n) is 9.03. The van der Waals surface area contributed by atoms with Crippen LogP contribution < -0.4 is 9.61 Å². The third kappa shape index (κ3) is 5.49. The van der Waals surface area contributed by atoms with Crippen LogP contribution in [0.3, 0.4) is 0 Å². The van der Waals surface area contributed by atoms with Crippen molar-refractivity contribution in [3.8, 4) is 5.75 Å². The van der Waals surface area contributed by atoms with E-state index >= 15 is 0 Å². The number of carbonyl (C=O) groups excluding carboxylic acids is 1. The van der Waals surface area contributed by atoms with Gasteiger partial charge >= 0.3 is 16.3 Å². The summed E-state index contributed by atoms with van der Waals surface area (Å²) in [6.45, 7) is 1.73. The summed E-state index contributed by atoms with van der Waals surface area (Å²) in [6, 6.07) is 10.5. The van der Waals surface area contributed by atoms with Crippen molar-refractivity contribution >= 4 is 22.2 Å². The van der Waals surface area contributed by atoms with E-state index in [1.54, 1.807) is 25.3 Å². The minimum absolute atomic E-state index is 0.122. The molecule has 3 rings (SSSR count). The van der Waals surface area contributed by atoms with Crippen molar-refractivity contribution in [3.05, 3.63) is 89.2 Å². The lowest BCUT2D eigenvalue weighted by atomic mass is 10.1. The maximum Gasteiger partial charge on any atom is 0.416 e. The Kier molecular flexibility index (Phi) is 6.58. The fraction of sp³-hybridized carbons (Fsp3) is 0.0952. The number of alkyl halides is 3. The molecule has 1 heterocycles. The average Bonchev–Trinajstić information content (AvgIpc) is 2.74. The van der Waals surface area contributed by atoms with Crippen LogP contribution in [0.15, 0.2) is 77.0 Å². The first kappa shape index (κ1) is 22.9. The van der Waals surface area contributed by atoms with Crippen LogP contribution in [0.2, 0.25) is 0 Å². The SMILES string of the molecule is Cc1ccncc1C(=O)N/N=C\c1ccccc1OS(=O)(=O)c1ccc(C(F)(F)F)cc1. The molecule has 1 aromatic heterocycles. The van der Waals surface area contributed by atoms with Crippen LogP contribution >= 0.6 is 0 Å². The number of aromatic nitrogens is 1. The van der Waals surface area contributed by atoms with Gasteiger partial charge in [-0.15, -0.1) is 0 Å². The van der Waals surface area contributed by atoms with Gasteiger partial charge in [0.25, 0.3) is 5.91 Å². The Labute approximate surface area is 181 Å². The van der Waals surface area contributed by atoms with Gasteiger partial charge in [-0.2, -0.15) is 26.7 Å². The standard InChI is InChI=1S/C21H16F3N3O4S/c1-14-10-11-25-13-18(14)20(28)27-26-12-15-4-2-3-5-19(15)31-32(29,30)17-8-6-16(7-9-17)21(22,23)24/h2-13H,1H3,(H,27,28)/b26-12-. The van der Waals surface area contributed by atoms with Crippen molar-refractivity contribution < 1.29 is 30.6 Å². The second-order valence-corrected chi connectivity index (χ2v) is 8.03. The van der Waals surface area contributed by atoms with Gasteiger partial charge in [0, 0.05) is 18.0 Å². The van der Waals surface area contributed by atoms with Crippen molar-refractivity contribution in [3.63, 3.8) is 0 Å². The van der Waals surface area contributed by atoms with Crippen LogP contribution in [0.25, 0.3) is 0 Å². The van der Waals surface area contributed by atoms with E-state index in [0.717, 1.165) is 12.1 Å². The Morgan fingerprint density at radius 2 is 1.78 bits per heavy atom. The van der Waals surface area contributed by atoms with Gasteiger partial charge in [-0.25, -0.2) is 5.43 Å². The van der Waals surface area contributed by atoms with Crippen LogP contribution in [0.4, 0.5) is 13.2 Å². The molecule has 166 valence electrons. The highest BCUT2D eigenvalue weighted by atomic mass is 32.2. The van der Waals surface area contributed by atoms with Crippen LogP contribution in [0.5, 0.6) is 5.75 Å². The zero-order valence-electron chi connectivity index (χ0n) is 16.5. The minimum atomic E-state index is -4.59. The summed E-state index contributed by atoms with van der Waals surface area (Å²) in [5.74, 6) is -0.634. The molecule has 1 amide bonds. The summed E-state index contributed by atoms with van der Waals surface area (Å²) < 4.78 is 68.2. The third-order valence-corrected chi connectivity index (χ3v) is 5.49. The quantitative estimate of drug-likeness (QED) is 0.339. The molecule has 0 aliphatic rings. The van der Waals surface area contributed by atoms with E-state index in [2.05, 4.69) is 15.5 Å². The average molecular weight is 463 g/mol. The van der Waals surface area contributed by atoms with E-state index < -0.39 is 32.7 Å². The van der Waals surface area contributed by atoms with Crippen LogP contribution in [0, 0.1) is 6.92 Å². The van der Waals surface area contributed by atoms with Crippen molar-refractivity contribution in [1.82, 2.24) is 10.4 Å². The fourth-order valence-electron chi connectivity index (χ4n) is 2.56. The van der Waals surface area contributed by atoms with E-state index in [-0.39, 0.29) is 11.3 Å². The predicted molar refractivity (Wildman–Crippen MR) is 110 cm³/mol. The molecular weight excluding hydrogens is 447 g/mol. The molecule has 3 aromatic rings. The van der Waals surface area contributed by atoms with Gasteiger partial charge in [-0.1, -0.05) is 12.1 Å². The molecule has 2 aromatic carbocycles. The number of hydrazone groups is 1. The molecule has 11 heteroatoms. The highest BCUT2D eigenvalue weighted by Crippen LogP contribution is 2.30. The first-order valence-corrected chi connectivity index (χ1v) is 10.4. The monoisotopic (exact) mass is 463 g/mol. The van der Waals surface area contributed by atoms with Crippen LogP contribution in [-0.2, 0) is 16.3 Å². The van der Waals surface area contributed by atoms with Crippen LogP contribution in [-0.4, -0.2) is 25.5 Å². The van der Waals surface area contributed by atoms with E-state index in [1.807, 2.05) is 0 Å². The highest BCUT2D eigenvalue weighted by Gasteiger charge is 2.31. The summed E-state index contributed by atoms with van der Waals surface area (Å²) in [5.41, 5.74) is 2.55. The third-order valence-electron chi connectivity index (χ3n) is 4.24. The molecular formula is C21H16F3N3O4S. The number of pyridine rings is 1. The number of para-hydroxylation sites is 1. The maximum atomic E-state index is 12.7. The molecule has 32 heavy (non-hydrogen) atoms. The number of halogens is 3. The minimum Gasteiger partial charge on any atom is -0.378 e. The van der Waals surface area contributed by atoms with Crippen LogP contribution in [0.1, 0.15) is 27.0 Å². The lowest BCUT2D eigenvalue weighted by Crippen LogP contribution is -2.19. The lowest BCUT2D eigenvalue weighted by Gasteiger charge is -2.11. The number of carbonyl (C=O) groups is 1. The highest BCUT2D eigenvalue weighted by molar-refractivity contribution is 7.87. The zero-order chi connectivity index (χ0) is 23.4. The number of benzene rings is 2. The molecule has 0 radical (unpaired) electrons. The Balaban J connectivity index is 1.77. The molecule has 0 aliphatic carbocycles. The van der Waals surface area contributed by atoms with E-state index in [0.29, 0.717) is 23.3 Å². The number of nitrogens with zero attached hydrogens (tertiary/aromatic N) is 2. The molecule has 0 fully saturated rings. The summed E-state index contributed by atoms with van der Waals surface area (Å²) in [7, 11) is -4.41. The largest absolute Gasteiger partial charge is 0.416 e. The summed E-state index contributed by atoms with van der Waals surface area (Å²) >= 11 is 0. The van der Waals surface area contributed by atoms with Gasteiger partial charge in [-0.3, -0.25) is 9.78 Å². The van der Waals surface area contributed by atoms with Crippen molar-refractivity contribution in [2.75, 3.05) is 0 Å². The smallest absolute Gasteiger partial charge is 0.378 e. The van der Waals surface area contributed by atoms with Gasteiger partial charge in [0.15, 0.2) is 5.75 Å². The summed E-state index contributed by atoms with van der Waals surface area (Å²) in [4.78, 5) is 15.6. The second kappa shape index (κ2) is 9.18. The van der Waals surface area contributed by atoms with Crippen molar-refractivity contribution in [1.29, 1.82) is 0 Å². The topological polar surface area (TPSA) is 97.7 Å². The van der Waals surface area contributed by atoms with Gasteiger partial charge in [0.05, 0.1) is 17.3 Å². The van der Waals surface area contributed by atoms with E-state index in [4.69, 9.17) is 4.18 Å². The van der Waals surface area contributed by atoms with Gasteiger partial charge < -0.3 is 4.18 Å². The number of amides is 1. The van der Waals surface area contributed by atoms with E-state index in [1.165, 1.54) is 30.6 Å². The number of rotatable bonds is 6. The number of aryl methyl sites for hydroxylation is 1. The maximum absolute atomic E-state index is 12.7. The Morgan fingerprint density at radius 1 is 1.09 bits per heavy atom. The molecule has 7 nitrogen and oxygen atoms in total. The van der Waals surface area contributed by atoms with Crippen molar-refractivity contribution in [2.24, 2.45) is 5.10 Å². The van der Waals surface area contributed by atoms with Gasteiger partial charge in [0.1, 0.15) is 4.90 Å². The molecule has 1 N–H and O–H groups in total. The molecule has 0 bridgehead atoms. The summed E-state index contributed by atoms with van der Waals surface area (Å²) in [5, 5.41) is 3.81. The molecule has 0 spiro atoms. The zero-order valence-corrected chi connectivity index (χ0v) is 17.3. The lowest BCUT2D eigenvalue weighted by molar-refractivity contribution is -0.137. The van der Waals surface area contributed by atoms with Gasteiger partial charge in [-0.05, 0) is 55.0 Å². The Bertz CT molecular complexity index is 1260. The van der Waals surface area contributed by atoms with Crippen molar-refractivity contribution in [2.45, 2.75) is 18.0 Å². The molecule has 0 saturated heterocycles.